The van der Waals surface area contributed by atoms with Gasteiger partial charge in [-0.3, -0.25) is 4.79 Å². The van der Waals surface area contributed by atoms with Crippen LogP contribution in [0, 0.1) is 5.92 Å². The fraction of sp³-hybridized carbons (Fsp3) is 0.579. The molecule has 0 saturated carbocycles. The first kappa shape index (κ1) is 23.1. The molecule has 0 aliphatic carbocycles. The van der Waals surface area contributed by atoms with Gasteiger partial charge in [-0.05, 0) is 37.8 Å². The number of carbonyl (C=O) groups excluding carboxylic acids is 1. The number of hydrogen-bond acceptors (Lipinski definition) is 3. The summed E-state index contributed by atoms with van der Waals surface area (Å²) in [4.78, 5) is 19.9. The van der Waals surface area contributed by atoms with Crippen molar-refractivity contribution in [2.45, 2.75) is 31.6 Å². The summed E-state index contributed by atoms with van der Waals surface area (Å²) >= 11 is 1.92. The highest BCUT2D eigenvalue weighted by Crippen LogP contribution is 2.25. The number of hydrogen-bond donors (Lipinski definition) is 2. The molecule has 5 nitrogen and oxygen atoms in total. The van der Waals surface area contributed by atoms with Crippen molar-refractivity contribution in [3.8, 4) is 0 Å². The molecule has 0 bridgehead atoms. The molecule has 1 heterocycles. The van der Waals surface area contributed by atoms with E-state index in [0.717, 1.165) is 37.8 Å². The summed E-state index contributed by atoms with van der Waals surface area (Å²) in [6.07, 6.45) is 2.12. The number of halogens is 1. The van der Waals surface area contributed by atoms with Crippen molar-refractivity contribution < 1.29 is 4.79 Å². The second-order valence-corrected chi connectivity index (χ2v) is 7.34. The predicted octanol–water partition coefficient (Wildman–Crippen LogP) is 3.21. The van der Waals surface area contributed by atoms with Crippen LogP contribution in [0.15, 0.2) is 40.2 Å². The van der Waals surface area contributed by atoms with Crippen LogP contribution in [-0.2, 0) is 4.79 Å². The topological polar surface area (TPSA) is 56.7 Å². The van der Waals surface area contributed by atoms with Crippen molar-refractivity contribution >= 4 is 47.6 Å². The van der Waals surface area contributed by atoms with Crippen LogP contribution >= 0.6 is 35.7 Å². The highest BCUT2D eigenvalue weighted by atomic mass is 127. The molecule has 1 amide bonds. The molecule has 0 radical (unpaired) electrons. The van der Waals surface area contributed by atoms with Crippen LogP contribution in [0.3, 0.4) is 0 Å². The van der Waals surface area contributed by atoms with E-state index in [-0.39, 0.29) is 36.4 Å². The van der Waals surface area contributed by atoms with Gasteiger partial charge in [-0.1, -0.05) is 25.1 Å². The van der Waals surface area contributed by atoms with Gasteiger partial charge >= 0.3 is 0 Å². The van der Waals surface area contributed by atoms with Gasteiger partial charge < -0.3 is 15.5 Å². The maximum Gasteiger partial charge on any atom is 0.241 e. The van der Waals surface area contributed by atoms with Gasteiger partial charge in [0, 0.05) is 36.8 Å². The quantitative estimate of drug-likeness (QED) is 0.254. The Kier molecular flexibility index (Phi) is 11.8. The third-order valence-electron chi connectivity index (χ3n) is 4.09. The van der Waals surface area contributed by atoms with Gasteiger partial charge in [-0.25, -0.2) is 4.99 Å². The normalized spacial score (nSPS) is 16.9. The van der Waals surface area contributed by atoms with Gasteiger partial charge in [-0.2, -0.15) is 0 Å². The molecular formula is C19H31IN4OS. The van der Waals surface area contributed by atoms with E-state index in [1.54, 1.807) is 0 Å². The van der Waals surface area contributed by atoms with Crippen molar-refractivity contribution in [1.82, 2.24) is 15.5 Å². The summed E-state index contributed by atoms with van der Waals surface area (Å²) in [5, 5.41) is 6.19. The molecule has 1 saturated heterocycles. The average Bonchev–Trinajstić information content (AvgIpc) is 3.11. The maximum absolute atomic E-state index is 11.8. The Morgan fingerprint density at radius 1 is 1.27 bits per heavy atom. The highest BCUT2D eigenvalue weighted by molar-refractivity contribution is 14.0. The number of benzene rings is 1. The van der Waals surface area contributed by atoms with E-state index >= 15 is 0 Å². The number of nitrogens with zero attached hydrogens (tertiary/aromatic N) is 2. The first-order chi connectivity index (χ1) is 12.2. The summed E-state index contributed by atoms with van der Waals surface area (Å²) in [7, 11) is 0. The van der Waals surface area contributed by atoms with Crippen molar-refractivity contribution in [3.05, 3.63) is 30.3 Å². The molecule has 1 aliphatic heterocycles. The molecule has 146 valence electrons. The number of carbonyl (C=O) groups is 1. The molecule has 2 N–H and O–H groups in total. The molecule has 26 heavy (non-hydrogen) atoms. The largest absolute Gasteiger partial charge is 0.357 e. The highest BCUT2D eigenvalue weighted by Gasteiger charge is 2.25. The zero-order chi connectivity index (χ0) is 17.9. The van der Waals surface area contributed by atoms with Gasteiger partial charge in [0.1, 0.15) is 6.54 Å². The van der Waals surface area contributed by atoms with Gasteiger partial charge in [0.2, 0.25) is 5.91 Å². The Labute approximate surface area is 178 Å². The summed E-state index contributed by atoms with van der Waals surface area (Å²) in [6, 6.07) is 10.6. The molecule has 1 aliphatic rings. The zero-order valence-corrected chi connectivity index (χ0v) is 18.9. The number of rotatable bonds is 8. The summed E-state index contributed by atoms with van der Waals surface area (Å²) < 4.78 is 0. The van der Waals surface area contributed by atoms with Crippen molar-refractivity contribution in [2.24, 2.45) is 10.9 Å². The maximum atomic E-state index is 11.8. The number of thioether (sulfide) groups is 1. The van der Waals surface area contributed by atoms with Crippen molar-refractivity contribution in [3.63, 3.8) is 0 Å². The van der Waals surface area contributed by atoms with Gasteiger partial charge in [-0.15, -0.1) is 35.7 Å². The van der Waals surface area contributed by atoms with E-state index in [1.165, 1.54) is 11.3 Å². The molecule has 1 atom stereocenters. The molecule has 1 fully saturated rings. The Bertz CT molecular complexity index is 556. The zero-order valence-electron chi connectivity index (χ0n) is 15.7. The Hall–Kier alpha value is -0.960. The lowest BCUT2D eigenvalue weighted by Gasteiger charge is -2.21. The summed E-state index contributed by atoms with van der Waals surface area (Å²) in [5.41, 5.74) is 0. The molecule has 0 aromatic heterocycles. The SMILES string of the molecule is CCCNC(=O)CN=C(NCC)N1CCC(CSc2ccccc2)C1.I. The minimum atomic E-state index is -0.00682. The number of amides is 1. The number of nitrogens with one attached hydrogen (secondary N) is 2. The van der Waals surface area contributed by atoms with Crippen LogP contribution in [0.1, 0.15) is 26.7 Å². The third-order valence-corrected chi connectivity index (χ3v) is 5.34. The lowest BCUT2D eigenvalue weighted by atomic mass is 10.2. The predicted molar refractivity (Wildman–Crippen MR) is 122 cm³/mol. The molecule has 7 heteroatoms. The molecule has 1 unspecified atom stereocenters. The first-order valence-electron chi connectivity index (χ1n) is 9.20. The van der Waals surface area contributed by atoms with Crippen LogP contribution in [0.5, 0.6) is 0 Å². The fourth-order valence-corrected chi connectivity index (χ4v) is 3.83. The number of aliphatic imine (C=N–C) groups is 1. The standard InChI is InChI=1S/C19H30N4OS.HI/c1-3-11-21-18(24)13-22-19(20-4-2)23-12-10-16(14-23)15-25-17-8-6-5-7-9-17;/h5-9,16H,3-4,10-15H2,1-2H3,(H,20,22)(H,21,24);1H. The minimum Gasteiger partial charge on any atom is -0.357 e. The Morgan fingerprint density at radius 2 is 2.04 bits per heavy atom. The molecule has 1 aromatic carbocycles. The van der Waals surface area contributed by atoms with Crippen LogP contribution in [0.4, 0.5) is 0 Å². The smallest absolute Gasteiger partial charge is 0.241 e. The molecular weight excluding hydrogens is 459 g/mol. The van der Waals surface area contributed by atoms with Crippen LogP contribution < -0.4 is 10.6 Å². The number of likely N-dealkylation sites (tertiary alicyclic amines) is 1. The van der Waals surface area contributed by atoms with Crippen LogP contribution in [0.2, 0.25) is 0 Å². The Balaban J connectivity index is 0.00000338. The fourth-order valence-electron chi connectivity index (χ4n) is 2.78. The Morgan fingerprint density at radius 3 is 2.73 bits per heavy atom. The van der Waals surface area contributed by atoms with Gasteiger partial charge in [0.05, 0.1) is 0 Å². The summed E-state index contributed by atoms with van der Waals surface area (Å²) in [5.74, 6) is 2.63. The number of guanidine groups is 1. The average molecular weight is 490 g/mol. The van der Waals surface area contributed by atoms with E-state index in [2.05, 4.69) is 57.8 Å². The van der Waals surface area contributed by atoms with E-state index in [1.807, 2.05) is 18.7 Å². The van der Waals surface area contributed by atoms with Crippen molar-refractivity contribution in [2.75, 3.05) is 38.5 Å². The van der Waals surface area contributed by atoms with Crippen LogP contribution in [0.25, 0.3) is 0 Å². The molecule has 1 aromatic rings. The molecule has 0 spiro atoms. The lowest BCUT2D eigenvalue weighted by Crippen LogP contribution is -2.41. The van der Waals surface area contributed by atoms with E-state index in [9.17, 15) is 4.79 Å². The van der Waals surface area contributed by atoms with Gasteiger partial charge in [0.15, 0.2) is 5.96 Å². The van der Waals surface area contributed by atoms with E-state index < -0.39 is 0 Å². The van der Waals surface area contributed by atoms with E-state index in [0.29, 0.717) is 12.5 Å². The van der Waals surface area contributed by atoms with E-state index in [4.69, 9.17) is 0 Å². The second kappa shape index (κ2) is 13.2. The lowest BCUT2D eigenvalue weighted by molar-refractivity contribution is -0.119. The van der Waals surface area contributed by atoms with Crippen LogP contribution in [-0.4, -0.2) is 55.2 Å². The first-order valence-corrected chi connectivity index (χ1v) is 10.2. The second-order valence-electron chi connectivity index (χ2n) is 6.24. The minimum absolute atomic E-state index is 0. The third kappa shape index (κ3) is 8.16. The van der Waals surface area contributed by atoms with Crippen molar-refractivity contribution in [1.29, 1.82) is 0 Å². The van der Waals surface area contributed by atoms with Gasteiger partial charge in [0.25, 0.3) is 0 Å². The monoisotopic (exact) mass is 490 g/mol. The molecule has 2 rings (SSSR count). The summed E-state index contributed by atoms with van der Waals surface area (Å²) in [6.45, 7) is 7.84.